The highest BCUT2D eigenvalue weighted by atomic mass is 127. The molecule has 1 N–H and O–H groups in total. The molecule has 0 aliphatic heterocycles. The lowest BCUT2D eigenvalue weighted by molar-refractivity contribution is 0.405. The summed E-state index contributed by atoms with van der Waals surface area (Å²) in [7, 11) is -2.03. The SMILES string of the molecule is CC[C@H](/C=C/I)CC(C)(C)[Si](C)(C)O. The van der Waals surface area contributed by atoms with E-state index < -0.39 is 8.32 Å². The van der Waals surface area contributed by atoms with Crippen LogP contribution in [-0.4, -0.2) is 13.1 Å². The maximum absolute atomic E-state index is 10.2. The average molecular weight is 326 g/mol. The van der Waals surface area contributed by atoms with Crippen LogP contribution < -0.4 is 0 Å². The van der Waals surface area contributed by atoms with Gasteiger partial charge < -0.3 is 4.80 Å². The van der Waals surface area contributed by atoms with E-state index >= 15 is 0 Å². The number of hydrogen-bond acceptors (Lipinski definition) is 1. The largest absolute Gasteiger partial charge is 0.432 e. The Morgan fingerprint density at radius 1 is 1.43 bits per heavy atom. The zero-order chi connectivity index (χ0) is 11.4. The molecular weight excluding hydrogens is 303 g/mol. The summed E-state index contributed by atoms with van der Waals surface area (Å²) in [6, 6.07) is 0. The van der Waals surface area contributed by atoms with Crippen LogP contribution in [-0.2, 0) is 0 Å². The molecule has 1 atom stereocenters. The molecule has 0 aromatic carbocycles. The molecule has 0 amide bonds. The summed E-state index contributed by atoms with van der Waals surface area (Å²) in [5, 5.41) is 0.101. The van der Waals surface area contributed by atoms with Gasteiger partial charge in [-0.05, 0) is 41.0 Å². The van der Waals surface area contributed by atoms with E-state index in [4.69, 9.17) is 0 Å². The summed E-state index contributed by atoms with van der Waals surface area (Å²) in [5.74, 6) is 0.612. The van der Waals surface area contributed by atoms with Crippen LogP contribution in [0.25, 0.3) is 0 Å². The zero-order valence-corrected chi connectivity index (χ0v) is 13.1. The number of rotatable bonds is 5. The van der Waals surface area contributed by atoms with Gasteiger partial charge in [-0.3, -0.25) is 0 Å². The maximum atomic E-state index is 10.2. The monoisotopic (exact) mass is 326 g/mol. The van der Waals surface area contributed by atoms with Crippen molar-refractivity contribution in [2.24, 2.45) is 5.92 Å². The zero-order valence-electron chi connectivity index (χ0n) is 9.97. The van der Waals surface area contributed by atoms with E-state index in [0.717, 1.165) is 12.8 Å². The fraction of sp³-hybridized carbons (Fsp3) is 0.818. The normalized spacial score (nSPS) is 16.2. The Labute approximate surface area is 103 Å². The van der Waals surface area contributed by atoms with Crippen LogP contribution in [0.15, 0.2) is 10.2 Å². The van der Waals surface area contributed by atoms with Crippen LogP contribution in [0.4, 0.5) is 0 Å². The second-order valence-corrected chi connectivity index (χ2v) is 10.3. The Morgan fingerprint density at radius 3 is 2.21 bits per heavy atom. The highest BCUT2D eigenvalue weighted by Crippen LogP contribution is 2.42. The topological polar surface area (TPSA) is 20.2 Å². The summed E-state index contributed by atoms with van der Waals surface area (Å²) >= 11 is 2.27. The molecule has 0 aliphatic carbocycles. The molecule has 14 heavy (non-hydrogen) atoms. The van der Waals surface area contributed by atoms with Gasteiger partial charge in [0.05, 0.1) is 0 Å². The molecule has 0 aromatic heterocycles. The number of hydrogen-bond donors (Lipinski definition) is 1. The molecule has 0 aliphatic rings. The first-order chi connectivity index (χ1) is 6.24. The van der Waals surface area contributed by atoms with Gasteiger partial charge in [0.1, 0.15) is 0 Å². The molecule has 0 spiro atoms. The molecule has 0 aromatic rings. The lowest BCUT2D eigenvalue weighted by atomic mass is 9.94. The van der Waals surface area contributed by atoms with Gasteiger partial charge in [-0.25, -0.2) is 0 Å². The molecule has 3 heteroatoms. The van der Waals surface area contributed by atoms with Crippen molar-refractivity contribution in [2.75, 3.05) is 0 Å². The molecule has 0 radical (unpaired) electrons. The van der Waals surface area contributed by atoms with Gasteiger partial charge in [0, 0.05) is 0 Å². The Hall–Kier alpha value is 0.647. The van der Waals surface area contributed by atoms with E-state index in [2.05, 4.69) is 53.5 Å². The first-order valence-corrected chi connectivity index (χ1v) is 9.43. The lowest BCUT2D eigenvalue weighted by Gasteiger charge is -2.37. The second-order valence-electron chi connectivity index (χ2n) is 5.13. The highest BCUT2D eigenvalue weighted by Gasteiger charge is 2.38. The third-order valence-electron chi connectivity index (χ3n) is 3.30. The van der Waals surface area contributed by atoms with E-state index in [0.29, 0.717) is 5.92 Å². The van der Waals surface area contributed by atoms with Gasteiger partial charge in [0.2, 0.25) is 0 Å². The van der Waals surface area contributed by atoms with Crippen LogP contribution in [0, 0.1) is 5.92 Å². The minimum atomic E-state index is -2.03. The van der Waals surface area contributed by atoms with Crippen molar-refractivity contribution in [1.82, 2.24) is 0 Å². The van der Waals surface area contributed by atoms with E-state index in [9.17, 15) is 4.80 Å². The highest BCUT2D eigenvalue weighted by molar-refractivity contribution is 14.1. The summed E-state index contributed by atoms with van der Waals surface area (Å²) in [6.07, 6.45) is 4.51. The van der Waals surface area contributed by atoms with E-state index in [1.54, 1.807) is 0 Å². The fourth-order valence-electron chi connectivity index (χ4n) is 1.36. The molecule has 84 valence electrons. The Bertz CT molecular complexity index is 194. The van der Waals surface area contributed by atoms with Gasteiger partial charge in [0.15, 0.2) is 8.32 Å². The van der Waals surface area contributed by atoms with Crippen LogP contribution in [0.1, 0.15) is 33.6 Å². The van der Waals surface area contributed by atoms with Crippen LogP contribution >= 0.6 is 22.6 Å². The van der Waals surface area contributed by atoms with Crippen LogP contribution in [0.2, 0.25) is 18.1 Å². The van der Waals surface area contributed by atoms with E-state index in [1.807, 2.05) is 13.1 Å². The molecule has 0 bridgehead atoms. The van der Waals surface area contributed by atoms with Gasteiger partial charge in [0.25, 0.3) is 0 Å². The minimum Gasteiger partial charge on any atom is -0.432 e. The first kappa shape index (κ1) is 14.6. The molecule has 0 unspecified atom stereocenters. The van der Waals surface area contributed by atoms with Crippen molar-refractivity contribution in [3.8, 4) is 0 Å². The minimum absolute atomic E-state index is 0.101. The van der Waals surface area contributed by atoms with Crippen LogP contribution in [0.5, 0.6) is 0 Å². The van der Waals surface area contributed by atoms with Crippen molar-refractivity contribution >= 4 is 30.9 Å². The summed E-state index contributed by atoms with van der Waals surface area (Å²) < 4.78 is 2.09. The lowest BCUT2D eigenvalue weighted by Crippen LogP contribution is -2.40. The second kappa shape index (κ2) is 5.65. The maximum Gasteiger partial charge on any atom is 0.188 e. The van der Waals surface area contributed by atoms with Gasteiger partial charge >= 0.3 is 0 Å². The van der Waals surface area contributed by atoms with Crippen molar-refractivity contribution in [3.63, 3.8) is 0 Å². The van der Waals surface area contributed by atoms with Crippen molar-refractivity contribution < 1.29 is 4.80 Å². The number of halogens is 1. The molecular formula is C11H23IOSi. The smallest absolute Gasteiger partial charge is 0.188 e. The Balaban J connectivity index is 4.47. The summed E-state index contributed by atoms with van der Waals surface area (Å²) in [5.41, 5.74) is 0. The van der Waals surface area contributed by atoms with E-state index in [-0.39, 0.29) is 5.04 Å². The van der Waals surface area contributed by atoms with Gasteiger partial charge in [-0.1, -0.05) is 49.4 Å². The van der Waals surface area contributed by atoms with E-state index in [1.165, 1.54) is 0 Å². The third-order valence-corrected chi connectivity index (χ3v) is 7.23. The molecule has 0 saturated heterocycles. The quantitative estimate of drug-likeness (QED) is 0.589. The Morgan fingerprint density at radius 2 is 1.93 bits per heavy atom. The molecule has 0 heterocycles. The predicted octanol–water partition coefficient (Wildman–Crippen LogP) is 4.33. The standard InChI is InChI=1S/C11H23IOSi/c1-6-10(7-8-12)9-11(2,3)14(4,5)13/h7-8,10,13H,6,9H2,1-5H3/b8-7+/t10-/m1/s1. The van der Waals surface area contributed by atoms with Crippen molar-refractivity contribution in [2.45, 2.75) is 51.7 Å². The van der Waals surface area contributed by atoms with Crippen molar-refractivity contribution in [3.05, 3.63) is 10.2 Å². The van der Waals surface area contributed by atoms with Gasteiger partial charge in [-0.2, -0.15) is 0 Å². The molecule has 1 nitrogen and oxygen atoms in total. The molecule has 0 fully saturated rings. The predicted molar refractivity (Wildman–Crippen MR) is 75.3 cm³/mol. The molecule has 0 saturated carbocycles. The fourth-order valence-corrected chi connectivity index (χ4v) is 2.71. The van der Waals surface area contributed by atoms with Crippen LogP contribution in [0.3, 0.4) is 0 Å². The third kappa shape index (κ3) is 4.44. The Kier molecular flexibility index (Phi) is 5.92. The van der Waals surface area contributed by atoms with Gasteiger partial charge in [-0.15, -0.1) is 0 Å². The van der Waals surface area contributed by atoms with Crippen molar-refractivity contribution in [1.29, 1.82) is 0 Å². The summed E-state index contributed by atoms with van der Waals surface area (Å²) in [6.45, 7) is 10.7. The first-order valence-electron chi connectivity index (χ1n) is 5.24. The molecule has 0 rings (SSSR count). The number of allylic oxidation sites excluding steroid dienone is 1. The average Bonchev–Trinajstić information content (AvgIpc) is 2.01. The summed E-state index contributed by atoms with van der Waals surface area (Å²) in [4.78, 5) is 10.2.